The fourth-order valence-electron chi connectivity index (χ4n) is 1.21. The first-order valence-corrected chi connectivity index (χ1v) is 5.49. The van der Waals surface area contributed by atoms with Crippen LogP contribution in [0.4, 0.5) is 0 Å². The van der Waals surface area contributed by atoms with Gasteiger partial charge in [-0.25, -0.2) is 0 Å². The quantitative estimate of drug-likeness (QED) is 0.395. The highest BCUT2D eigenvalue weighted by molar-refractivity contribution is 9.10. The fourth-order valence-corrected chi connectivity index (χ4v) is 1.48. The number of ketones is 1. The van der Waals surface area contributed by atoms with E-state index in [2.05, 4.69) is 21.1 Å². The van der Waals surface area contributed by atoms with Crippen molar-refractivity contribution in [3.8, 4) is 0 Å². The molecule has 0 unspecified atom stereocenters. The number of Topliss-reactive ketones (excluding diaryl/α,β-unsaturated/α-hetero) is 1. The molecule has 0 spiro atoms. The van der Waals surface area contributed by atoms with E-state index >= 15 is 0 Å². The Hall–Kier alpha value is -1.16. The molecule has 1 N–H and O–H groups in total. The van der Waals surface area contributed by atoms with Gasteiger partial charge in [0.1, 0.15) is 5.71 Å². The van der Waals surface area contributed by atoms with Crippen LogP contribution in [0.2, 0.25) is 0 Å². The van der Waals surface area contributed by atoms with E-state index in [9.17, 15) is 4.79 Å². The van der Waals surface area contributed by atoms with Gasteiger partial charge in [-0.15, -0.1) is 0 Å². The molecule has 0 aliphatic carbocycles. The lowest BCUT2D eigenvalue weighted by atomic mass is 10.0. The van der Waals surface area contributed by atoms with E-state index in [-0.39, 0.29) is 11.5 Å². The average molecular weight is 270 g/mol. The monoisotopic (exact) mass is 269 g/mol. The van der Waals surface area contributed by atoms with Crippen molar-refractivity contribution < 1.29 is 10.0 Å². The van der Waals surface area contributed by atoms with Crippen molar-refractivity contribution >= 4 is 27.4 Å². The van der Waals surface area contributed by atoms with Crippen molar-refractivity contribution in [3.05, 3.63) is 34.3 Å². The first-order chi connectivity index (χ1) is 7.19. The molecule has 80 valence electrons. The molecule has 0 bridgehead atoms. The van der Waals surface area contributed by atoms with Gasteiger partial charge in [-0.05, 0) is 30.7 Å². The maximum atomic E-state index is 11.8. The molecule has 4 heteroatoms. The SMILES string of the molecule is CCC/C(=N/O)C(=O)c1ccc(Br)cc1. The molecule has 0 aliphatic rings. The predicted molar refractivity (Wildman–Crippen MR) is 62.6 cm³/mol. The van der Waals surface area contributed by atoms with Gasteiger partial charge in [-0.3, -0.25) is 4.79 Å². The summed E-state index contributed by atoms with van der Waals surface area (Å²) in [5.41, 5.74) is 0.749. The lowest BCUT2D eigenvalue weighted by Crippen LogP contribution is -2.14. The highest BCUT2D eigenvalue weighted by Crippen LogP contribution is 2.12. The summed E-state index contributed by atoms with van der Waals surface area (Å²) in [6.45, 7) is 1.93. The molecule has 0 aliphatic heterocycles. The molecule has 1 aromatic rings. The van der Waals surface area contributed by atoms with E-state index in [0.29, 0.717) is 12.0 Å². The molecular formula is C11H12BrNO2. The molecule has 0 aromatic heterocycles. The van der Waals surface area contributed by atoms with Crippen molar-refractivity contribution in [1.29, 1.82) is 0 Å². The van der Waals surface area contributed by atoms with Gasteiger partial charge in [0.2, 0.25) is 5.78 Å². The van der Waals surface area contributed by atoms with Crippen LogP contribution < -0.4 is 0 Å². The standard InChI is InChI=1S/C11H12BrNO2/c1-2-3-10(13-15)11(14)8-4-6-9(12)7-5-8/h4-7,15H,2-3H2,1H3/b13-10-. The van der Waals surface area contributed by atoms with Gasteiger partial charge < -0.3 is 5.21 Å². The van der Waals surface area contributed by atoms with Gasteiger partial charge in [0.05, 0.1) is 0 Å². The molecule has 0 amide bonds. The highest BCUT2D eigenvalue weighted by atomic mass is 79.9. The molecule has 3 nitrogen and oxygen atoms in total. The van der Waals surface area contributed by atoms with Gasteiger partial charge in [0.15, 0.2) is 0 Å². The second-order valence-corrected chi connectivity index (χ2v) is 4.05. The lowest BCUT2D eigenvalue weighted by molar-refractivity contribution is 0.105. The van der Waals surface area contributed by atoms with Gasteiger partial charge >= 0.3 is 0 Å². The molecule has 0 radical (unpaired) electrons. The van der Waals surface area contributed by atoms with Gasteiger partial charge in [-0.1, -0.05) is 34.4 Å². The third-order valence-corrected chi connectivity index (χ3v) is 2.50. The van der Waals surface area contributed by atoms with E-state index < -0.39 is 0 Å². The number of carbonyl (C=O) groups excluding carboxylic acids is 1. The van der Waals surface area contributed by atoms with Crippen molar-refractivity contribution in [1.82, 2.24) is 0 Å². The van der Waals surface area contributed by atoms with Crippen LogP contribution in [-0.4, -0.2) is 16.7 Å². The Bertz CT molecular complexity index is 371. The third-order valence-electron chi connectivity index (χ3n) is 1.98. The van der Waals surface area contributed by atoms with Gasteiger partial charge in [0, 0.05) is 10.0 Å². The maximum Gasteiger partial charge on any atom is 0.210 e. The van der Waals surface area contributed by atoms with Crippen LogP contribution in [0.3, 0.4) is 0 Å². The molecular weight excluding hydrogens is 258 g/mol. The summed E-state index contributed by atoms with van der Waals surface area (Å²) < 4.78 is 0.914. The number of benzene rings is 1. The summed E-state index contributed by atoms with van der Waals surface area (Å²) in [4.78, 5) is 11.8. The molecule has 0 heterocycles. The van der Waals surface area contributed by atoms with E-state index in [1.807, 2.05) is 6.92 Å². The Labute approximate surface area is 96.9 Å². The maximum absolute atomic E-state index is 11.8. The summed E-state index contributed by atoms with van der Waals surface area (Å²) in [5, 5.41) is 11.7. The number of rotatable bonds is 4. The minimum atomic E-state index is -0.216. The molecule has 0 fully saturated rings. The first-order valence-electron chi connectivity index (χ1n) is 4.70. The molecule has 0 saturated heterocycles. The Morgan fingerprint density at radius 1 is 1.40 bits per heavy atom. The number of hydrogen-bond donors (Lipinski definition) is 1. The Morgan fingerprint density at radius 3 is 2.47 bits per heavy atom. The van der Waals surface area contributed by atoms with Crippen molar-refractivity contribution in [3.63, 3.8) is 0 Å². The van der Waals surface area contributed by atoms with E-state index in [4.69, 9.17) is 5.21 Å². The number of hydrogen-bond acceptors (Lipinski definition) is 3. The second-order valence-electron chi connectivity index (χ2n) is 3.13. The van der Waals surface area contributed by atoms with E-state index in [1.165, 1.54) is 0 Å². The van der Waals surface area contributed by atoms with Crippen LogP contribution in [0.5, 0.6) is 0 Å². The van der Waals surface area contributed by atoms with Crippen molar-refractivity contribution in [2.45, 2.75) is 19.8 Å². The zero-order valence-corrected chi connectivity index (χ0v) is 9.99. The molecule has 1 aromatic carbocycles. The average Bonchev–Trinajstić information content (AvgIpc) is 2.26. The summed E-state index contributed by atoms with van der Waals surface area (Å²) in [5.74, 6) is -0.216. The van der Waals surface area contributed by atoms with Crippen molar-refractivity contribution in [2.75, 3.05) is 0 Å². The number of halogens is 1. The van der Waals surface area contributed by atoms with Crippen LogP contribution in [-0.2, 0) is 0 Å². The lowest BCUT2D eigenvalue weighted by Gasteiger charge is -2.02. The minimum absolute atomic E-state index is 0.208. The van der Waals surface area contributed by atoms with E-state index in [0.717, 1.165) is 10.9 Å². The van der Waals surface area contributed by atoms with Crippen LogP contribution in [0.25, 0.3) is 0 Å². The molecule has 0 saturated carbocycles. The van der Waals surface area contributed by atoms with Gasteiger partial charge in [0.25, 0.3) is 0 Å². The first kappa shape index (κ1) is 11.9. The molecule has 15 heavy (non-hydrogen) atoms. The highest BCUT2D eigenvalue weighted by Gasteiger charge is 2.13. The second kappa shape index (κ2) is 5.66. The van der Waals surface area contributed by atoms with Crippen LogP contribution in [0.1, 0.15) is 30.1 Å². The number of carbonyl (C=O) groups is 1. The predicted octanol–water partition coefficient (Wildman–Crippen LogP) is 3.26. The van der Waals surface area contributed by atoms with Gasteiger partial charge in [-0.2, -0.15) is 0 Å². The number of nitrogens with zero attached hydrogens (tertiary/aromatic N) is 1. The van der Waals surface area contributed by atoms with Crippen LogP contribution in [0, 0.1) is 0 Å². The van der Waals surface area contributed by atoms with E-state index in [1.54, 1.807) is 24.3 Å². The Kier molecular flexibility index (Phi) is 4.49. The largest absolute Gasteiger partial charge is 0.411 e. The van der Waals surface area contributed by atoms with Crippen LogP contribution in [0.15, 0.2) is 33.9 Å². The fraction of sp³-hybridized carbons (Fsp3) is 0.273. The summed E-state index contributed by atoms with van der Waals surface area (Å²) in [6.07, 6.45) is 1.27. The molecule has 1 rings (SSSR count). The Balaban J connectivity index is 2.88. The zero-order chi connectivity index (χ0) is 11.3. The zero-order valence-electron chi connectivity index (χ0n) is 8.40. The third kappa shape index (κ3) is 3.16. The summed E-state index contributed by atoms with van der Waals surface area (Å²) in [7, 11) is 0. The van der Waals surface area contributed by atoms with Crippen LogP contribution >= 0.6 is 15.9 Å². The summed E-state index contributed by atoms with van der Waals surface area (Å²) in [6, 6.07) is 6.98. The van der Waals surface area contributed by atoms with Crippen molar-refractivity contribution in [2.24, 2.45) is 5.16 Å². The summed E-state index contributed by atoms with van der Waals surface area (Å²) >= 11 is 3.29. The smallest absolute Gasteiger partial charge is 0.210 e. The minimum Gasteiger partial charge on any atom is -0.411 e. The topological polar surface area (TPSA) is 49.7 Å². The Morgan fingerprint density at radius 2 is 2.00 bits per heavy atom. The normalized spacial score (nSPS) is 11.5. The number of oxime groups is 1. The molecule has 0 atom stereocenters.